The molecule has 1 rings (SSSR count). The van der Waals surface area contributed by atoms with Crippen LogP contribution in [0.1, 0.15) is 19.1 Å². The average Bonchev–Trinajstić information content (AvgIpc) is 2.70. The second kappa shape index (κ2) is 7.79. The first-order valence-electron chi connectivity index (χ1n) is 5.37. The van der Waals surface area contributed by atoms with Gasteiger partial charge in [0.05, 0.1) is 12.4 Å². The number of rotatable bonds is 7. The summed E-state index contributed by atoms with van der Waals surface area (Å²) in [5, 5.41) is 0. The molecule has 0 saturated heterocycles. The van der Waals surface area contributed by atoms with Crippen molar-refractivity contribution in [1.82, 2.24) is 0 Å². The molecule has 96 valence electrons. The molecular formula is C11H16BrNO3S. The Labute approximate surface area is 113 Å². The highest BCUT2D eigenvalue weighted by Gasteiger charge is 2.13. The van der Waals surface area contributed by atoms with Gasteiger partial charge in [-0.2, -0.15) is 11.8 Å². The lowest BCUT2D eigenvalue weighted by atomic mass is 10.2. The van der Waals surface area contributed by atoms with Crippen LogP contribution in [-0.4, -0.2) is 24.4 Å². The Bertz CT molecular complexity index is 356. The van der Waals surface area contributed by atoms with Gasteiger partial charge in [0.1, 0.15) is 11.8 Å². The minimum absolute atomic E-state index is 0.325. The first-order valence-corrected chi connectivity index (χ1v) is 7.32. The Hall–Kier alpha value is -0.460. The average molecular weight is 322 g/mol. The fourth-order valence-corrected chi connectivity index (χ4v) is 2.44. The molecule has 0 aliphatic heterocycles. The lowest BCUT2D eigenvalue weighted by Gasteiger charge is -2.09. The largest absolute Gasteiger partial charge is 0.465 e. The van der Waals surface area contributed by atoms with Crippen LogP contribution in [0, 0.1) is 0 Å². The van der Waals surface area contributed by atoms with Crippen molar-refractivity contribution in [3.8, 4) is 0 Å². The van der Waals surface area contributed by atoms with Crippen LogP contribution in [0.25, 0.3) is 0 Å². The predicted molar refractivity (Wildman–Crippen MR) is 71.8 cm³/mol. The van der Waals surface area contributed by atoms with Gasteiger partial charge in [-0.3, -0.25) is 4.79 Å². The molecule has 1 aromatic heterocycles. The number of nitrogens with two attached hydrogens (primary N) is 1. The maximum absolute atomic E-state index is 11.2. The van der Waals surface area contributed by atoms with Gasteiger partial charge in [0.25, 0.3) is 0 Å². The highest BCUT2D eigenvalue weighted by molar-refractivity contribution is 9.10. The van der Waals surface area contributed by atoms with E-state index in [0.717, 1.165) is 21.9 Å². The fraction of sp³-hybridized carbons (Fsp3) is 0.545. The lowest BCUT2D eigenvalue weighted by Crippen LogP contribution is -2.32. The first-order chi connectivity index (χ1) is 8.13. The maximum Gasteiger partial charge on any atom is 0.322 e. The van der Waals surface area contributed by atoms with E-state index in [4.69, 9.17) is 14.9 Å². The summed E-state index contributed by atoms with van der Waals surface area (Å²) in [5.41, 5.74) is 5.67. The number of hydrogen-bond acceptors (Lipinski definition) is 5. The summed E-state index contributed by atoms with van der Waals surface area (Å²) in [4.78, 5) is 11.2. The lowest BCUT2D eigenvalue weighted by molar-refractivity contribution is -0.144. The Balaban J connectivity index is 2.13. The SMILES string of the molecule is CCOC(=O)C(N)CCSCc1ccc(Br)o1. The summed E-state index contributed by atoms with van der Waals surface area (Å²) in [5.74, 6) is 2.17. The number of esters is 1. The summed E-state index contributed by atoms with van der Waals surface area (Å²) in [6.45, 7) is 2.15. The standard InChI is InChI=1S/C11H16BrNO3S/c1-2-15-11(14)9(13)5-6-17-7-8-3-4-10(12)16-8/h3-4,9H,2,5-7,13H2,1H3. The highest BCUT2D eigenvalue weighted by atomic mass is 79.9. The molecule has 1 unspecified atom stereocenters. The number of ether oxygens (including phenoxy) is 1. The molecule has 4 nitrogen and oxygen atoms in total. The van der Waals surface area contributed by atoms with Crippen LogP contribution >= 0.6 is 27.7 Å². The zero-order valence-corrected chi connectivity index (χ0v) is 12.1. The number of thioether (sulfide) groups is 1. The maximum atomic E-state index is 11.2. The molecule has 17 heavy (non-hydrogen) atoms. The van der Waals surface area contributed by atoms with Gasteiger partial charge < -0.3 is 14.9 Å². The molecule has 0 fully saturated rings. The van der Waals surface area contributed by atoms with Crippen LogP contribution in [0.15, 0.2) is 21.2 Å². The van der Waals surface area contributed by atoms with Crippen LogP contribution in [0.4, 0.5) is 0 Å². The van der Waals surface area contributed by atoms with Gasteiger partial charge in [0.2, 0.25) is 0 Å². The van der Waals surface area contributed by atoms with Gasteiger partial charge in [0, 0.05) is 0 Å². The van der Waals surface area contributed by atoms with E-state index in [1.165, 1.54) is 0 Å². The van der Waals surface area contributed by atoms with Crippen molar-refractivity contribution in [2.45, 2.75) is 25.1 Å². The Morgan fingerprint density at radius 3 is 3.00 bits per heavy atom. The Kier molecular flexibility index (Phi) is 6.69. The van der Waals surface area contributed by atoms with E-state index >= 15 is 0 Å². The first kappa shape index (κ1) is 14.6. The summed E-state index contributed by atoms with van der Waals surface area (Å²) >= 11 is 4.92. The Morgan fingerprint density at radius 2 is 2.41 bits per heavy atom. The molecule has 0 aromatic carbocycles. The molecule has 1 aromatic rings. The van der Waals surface area contributed by atoms with Crippen molar-refractivity contribution in [2.75, 3.05) is 12.4 Å². The smallest absolute Gasteiger partial charge is 0.322 e. The summed E-state index contributed by atoms with van der Waals surface area (Å²) < 4.78 is 10.9. The monoisotopic (exact) mass is 321 g/mol. The van der Waals surface area contributed by atoms with Crippen molar-refractivity contribution in [3.05, 3.63) is 22.6 Å². The van der Waals surface area contributed by atoms with E-state index < -0.39 is 6.04 Å². The van der Waals surface area contributed by atoms with E-state index in [0.29, 0.717) is 13.0 Å². The van der Waals surface area contributed by atoms with Gasteiger partial charge in [-0.15, -0.1) is 0 Å². The number of halogens is 1. The van der Waals surface area contributed by atoms with Crippen LogP contribution in [0.3, 0.4) is 0 Å². The number of carbonyl (C=O) groups is 1. The van der Waals surface area contributed by atoms with Crippen molar-refractivity contribution in [2.24, 2.45) is 5.73 Å². The summed E-state index contributed by atoms with van der Waals surface area (Å²) in [7, 11) is 0. The summed E-state index contributed by atoms with van der Waals surface area (Å²) in [6.07, 6.45) is 0.616. The van der Waals surface area contributed by atoms with Crippen molar-refractivity contribution < 1.29 is 13.9 Å². The third-order valence-electron chi connectivity index (χ3n) is 2.04. The van der Waals surface area contributed by atoms with Crippen molar-refractivity contribution >= 4 is 33.7 Å². The topological polar surface area (TPSA) is 65.5 Å². The number of carbonyl (C=O) groups excluding carboxylic acids is 1. The van der Waals surface area contributed by atoms with Gasteiger partial charge in [-0.25, -0.2) is 0 Å². The molecule has 1 atom stereocenters. The normalized spacial score (nSPS) is 12.4. The second-order valence-electron chi connectivity index (χ2n) is 3.41. The molecule has 0 radical (unpaired) electrons. The van der Waals surface area contributed by atoms with Gasteiger partial charge in [0.15, 0.2) is 4.67 Å². The van der Waals surface area contributed by atoms with Crippen LogP contribution < -0.4 is 5.73 Å². The van der Waals surface area contributed by atoms with E-state index in [9.17, 15) is 4.79 Å². The highest BCUT2D eigenvalue weighted by Crippen LogP contribution is 2.19. The van der Waals surface area contributed by atoms with Crippen LogP contribution in [0.5, 0.6) is 0 Å². The zero-order valence-electron chi connectivity index (χ0n) is 9.65. The van der Waals surface area contributed by atoms with Crippen LogP contribution in [-0.2, 0) is 15.3 Å². The second-order valence-corrected chi connectivity index (χ2v) is 5.29. The zero-order chi connectivity index (χ0) is 12.7. The molecule has 0 bridgehead atoms. The summed E-state index contributed by atoms with van der Waals surface area (Å²) in [6, 6.07) is 3.26. The minimum Gasteiger partial charge on any atom is -0.465 e. The van der Waals surface area contributed by atoms with Crippen molar-refractivity contribution in [1.29, 1.82) is 0 Å². The third kappa shape index (κ3) is 5.61. The number of hydrogen-bond donors (Lipinski definition) is 1. The predicted octanol–water partition coefficient (Wildman–Crippen LogP) is 2.56. The van der Waals surface area contributed by atoms with Gasteiger partial charge in [-0.1, -0.05) is 0 Å². The molecule has 0 aliphatic carbocycles. The van der Waals surface area contributed by atoms with E-state index in [2.05, 4.69) is 15.9 Å². The Morgan fingerprint density at radius 1 is 1.65 bits per heavy atom. The molecular weight excluding hydrogens is 306 g/mol. The third-order valence-corrected chi connectivity index (χ3v) is 3.47. The van der Waals surface area contributed by atoms with Gasteiger partial charge in [-0.05, 0) is 47.2 Å². The molecule has 0 spiro atoms. The molecule has 1 heterocycles. The van der Waals surface area contributed by atoms with E-state index in [1.54, 1.807) is 18.7 Å². The molecule has 6 heteroatoms. The molecule has 0 aliphatic rings. The fourth-order valence-electron chi connectivity index (χ4n) is 1.18. The van der Waals surface area contributed by atoms with Gasteiger partial charge >= 0.3 is 5.97 Å². The van der Waals surface area contributed by atoms with Crippen molar-refractivity contribution in [3.63, 3.8) is 0 Å². The molecule has 0 amide bonds. The minimum atomic E-state index is -0.522. The van der Waals surface area contributed by atoms with Crippen LogP contribution in [0.2, 0.25) is 0 Å². The quantitative estimate of drug-likeness (QED) is 0.617. The number of furan rings is 1. The van der Waals surface area contributed by atoms with E-state index in [1.807, 2.05) is 12.1 Å². The molecule has 0 saturated carbocycles. The molecule has 2 N–H and O–H groups in total. The van der Waals surface area contributed by atoms with E-state index in [-0.39, 0.29) is 5.97 Å².